The monoisotopic (exact) mass is 418 g/mol. The molecule has 0 radical (unpaired) electrons. The molecule has 2 aromatic carbocycles. The lowest BCUT2D eigenvalue weighted by atomic mass is 10.2. The van der Waals surface area contributed by atoms with Crippen LogP contribution < -0.4 is 0 Å². The number of hydrogen-bond donors (Lipinski definition) is 0. The van der Waals surface area contributed by atoms with E-state index >= 15 is 0 Å². The number of benzene rings is 2. The molecule has 0 amide bonds. The highest BCUT2D eigenvalue weighted by atomic mass is 35.5. The second kappa shape index (κ2) is 7.88. The molecular formula is C14H8Cl6S. The van der Waals surface area contributed by atoms with Gasteiger partial charge in [0.1, 0.15) is 9.67 Å². The van der Waals surface area contributed by atoms with Gasteiger partial charge in [-0.1, -0.05) is 59.2 Å². The zero-order chi connectivity index (χ0) is 15.6. The van der Waals surface area contributed by atoms with Crippen LogP contribution in [0, 0.1) is 0 Å². The van der Waals surface area contributed by atoms with E-state index in [2.05, 4.69) is 0 Å². The smallest absolute Gasteiger partial charge is 0.100 e. The SMILES string of the molecule is Clc1c(Sc2cccc(C(Cl)Cl)c2Cl)cccc1C(Cl)Cl. The summed E-state index contributed by atoms with van der Waals surface area (Å²) in [4.78, 5) is 0.241. The van der Waals surface area contributed by atoms with Crippen LogP contribution >= 0.6 is 81.4 Å². The highest BCUT2D eigenvalue weighted by Gasteiger charge is 2.16. The second-order valence-electron chi connectivity index (χ2n) is 4.02. The van der Waals surface area contributed by atoms with Crippen LogP contribution in [0.4, 0.5) is 0 Å². The van der Waals surface area contributed by atoms with Gasteiger partial charge in [0.15, 0.2) is 0 Å². The molecule has 0 spiro atoms. The Kier molecular flexibility index (Phi) is 6.71. The van der Waals surface area contributed by atoms with E-state index in [1.165, 1.54) is 11.8 Å². The first-order valence-electron chi connectivity index (χ1n) is 5.72. The standard InChI is InChI=1S/C14H8Cl6S/c15-11-7(13(17)18)3-1-5-9(11)21-10-6-2-4-8(12(10)16)14(19)20/h1-6,13-14H. The Bertz CT molecular complexity index is 586. The molecule has 0 atom stereocenters. The Morgan fingerprint density at radius 3 is 1.38 bits per heavy atom. The van der Waals surface area contributed by atoms with Gasteiger partial charge in [-0.25, -0.2) is 0 Å². The predicted molar refractivity (Wildman–Crippen MR) is 95.9 cm³/mol. The third-order valence-corrected chi connectivity index (χ3v) is 5.80. The largest absolute Gasteiger partial charge is 0.134 e. The fraction of sp³-hybridized carbons (Fsp3) is 0.143. The van der Waals surface area contributed by atoms with E-state index in [9.17, 15) is 0 Å². The van der Waals surface area contributed by atoms with Gasteiger partial charge in [-0.2, -0.15) is 0 Å². The molecule has 0 heterocycles. The Labute approximate surface area is 157 Å². The maximum Gasteiger partial charge on any atom is 0.134 e. The van der Waals surface area contributed by atoms with Gasteiger partial charge in [-0.15, -0.1) is 46.4 Å². The van der Waals surface area contributed by atoms with Crippen molar-refractivity contribution >= 4 is 81.4 Å². The van der Waals surface area contributed by atoms with Crippen LogP contribution in [-0.2, 0) is 0 Å². The molecule has 7 heteroatoms. The van der Waals surface area contributed by atoms with E-state index in [4.69, 9.17) is 69.6 Å². The molecular weight excluding hydrogens is 413 g/mol. The molecule has 0 nitrogen and oxygen atoms in total. The summed E-state index contributed by atoms with van der Waals surface area (Å²) < 4.78 is 0. The third kappa shape index (κ3) is 4.29. The lowest BCUT2D eigenvalue weighted by molar-refractivity contribution is 1.27. The summed E-state index contributed by atoms with van der Waals surface area (Å²) in [6.07, 6.45) is 0. The van der Waals surface area contributed by atoms with E-state index in [-0.39, 0.29) is 0 Å². The summed E-state index contributed by atoms with van der Waals surface area (Å²) in [5.41, 5.74) is 1.31. The topological polar surface area (TPSA) is 0 Å². The van der Waals surface area contributed by atoms with Crippen LogP contribution in [0.3, 0.4) is 0 Å². The van der Waals surface area contributed by atoms with E-state index in [1.807, 2.05) is 24.3 Å². The van der Waals surface area contributed by atoms with Crippen molar-refractivity contribution in [2.75, 3.05) is 0 Å². The van der Waals surface area contributed by atoms with Crippen molar-refractivity contribution in [2.45, 2.75) is 19.5 Å². The summed E-state index contributed by atoms with van der Waals surface area (Å²) in [7, 11) is 0. The van der Waals surface area contributed by atoms with Gasteiger partial charge in [0.25, 0.3) is 0 Å². The quantitative estimate of drug-likeness (QED) is 0.450. The van der Waals surface area contributed by atoms with E-state index < -0.39 is 9.67 Å². The summed E-state index contributed by atoms with van der Waals surface area (Å²) in [5, 5.41) is 1.01. The highest BCUT2D eigenvalue weighted by molar-refractivity contribution is 7.99. The van der Waals surface area contributed by atoms with Crippen molar-refractivity contribution in [3.63, 3.8) is 0 Å². The Balaban J connectivity index is 2.40. The average Bonchev–Trinajstić information content (AvgIpc) is 2.42. The van der Waals surface area contributed by atoms with Crippen molar-refractivity contribution in [3.05, 3.63) is 57.6 Å². The minimum atomic E-state index is -0.685. The van der Waals surface area contributed by atoms with E-state index in [0.717, 1.165) is 9.79 Å². The van der Waals surface area contributed by atoms with Crippen molar-refractivity contribution < 1.29 is 0 Å². The fourth-order valence-corrected chi connectivity index (χ4v) is 4.27. The molecule has 0 aliphatic heterocycles. The molecule has 0 aliphatic carbocycles. The highest BCUT2D eigenvalue weighted by Crippen LogP contribution is 2.44. The minimum absolute atomic E-state index is 0.507. The average molecular weight is 421 g/mol. The van der Waals surface area contributed by atoms with Crippen LogP contribution in [-0.4, -0.2) is 0 Å². The van der Waals surface area contributed by atoms with Crippen LogP contribution in [0.25, 0.3) is 0 Å². The summed E-state index contributed by atoms with van der Waals surface area (Å²) >= 11 is 37.6. The second-order valence-corrected chi connectivity index (χ2v) is 8.05. The molecule has 0 bridgehead atoms. The van der Waals surface area contributed by atoms with E-state index in [1.54, 1.807) is 12.1 Å². The third-order valence-electron chi connectivity index (χ3n) is 2.68. The van der Waals surface area contributed by atoms with Crippen molar-refractivity contribution in [2.24, 2.45) is 0 Å². The van der Waals surface area contributed by atoms with Gasteiger partial charge in [0.05, 0.1) is 10.0 Å². The summed E-state index contributed by atoms with van der Waals surface area (Å²) in [6, 6.07) is 11.0. The summed E-state index contributed by atoms with van der Waals surface area (Å²) in [6.45, 7) is 0. The van der Waals surface area contributed by atoms with Crippen LogP contribution in [0.15, 0.2) is 46.2 Å². The lowest BCUT2D eigenvalue weighted by Gasteiger charge is -2.12. The molecule has 2 rings (SSSR count). The lowest BCUT2D eigenvalue weighted by Crippen LogP contribution is -1.88. The zero-order valence-electron chi connectivity index (χ0n) is 10.3. The number of halogens is 6. The molecule has 112 valence electrons. The molecule has 21 heavy (non-hydrogen) atoms. The Morgan fingerprint density at radius 1 is 0.667 bits per heavy atom. The van der Waals surface area contributed by atoms with Crippen molar-refractivity contribution in [1.29, 1.82) is 0 Å². The molecule has 0 saturated carbocycles. The number of hydrogen-bond acceptors (Lipinski definition) is 1. The maximum absolute atomic E-state index is 6.32. The fourth-order valence-electron chi connectivity index (χ4n) is 1.67. The molecule has 0 fully saturated rings. The predicted octanol–water partition coefficient (Wildman–Crippen LogP) is 8.10. The molecule has 0 unspecified atom stereocenters. The Hall–Kier alpha value is 0.530. The Morgan fingerprint density at radius 2 is 1.05 bits per heavy atom. The first-order valence-corrected chi connectivity index (χ1v) is 9.04. The molecule has 0 aliphatic rings. The molecule has 0 aromatic heterocycles. The van der Waals surface area contributed by atoms with Gasteiger partial charge in [-0.3, -0.25) is 0 Å². The van der Waals surface area contributed by atoms with Crippen molar-refractivity contribution in [1.82, 2.24) is 0 Å². The zero-order valence-corrected chi connectivity index (χ0v) is 15.6. The van der Waals surface area contributed by atoms with Crippen LogP contribution in [0.2, 0.25) is 10.0 Å². The number of rotatable bonds is 4. The minimum Gasteiger partial charge on any atom is -0.100 e. The number of alkyl halides is 4. The van der Waals surface area contributed by atoms with Gasteiger partial charge < -0.3 is 0 Å². The first kappa shape index (κ1) is 17.9. The maximum atomic E-state index is 6.32. The van der Waals surface area contributed by atoms with Crippen LogP contribution in [0.1, 0.15) is 20.8 Å². The first-order chi connectivity index (χ1) is 9.91. The van der Waals surface area contributed by atoms with Gasteiger partial charge in [-0.05, 0) is 12.1 Å². The summed E-state index contributed by atoms with van der Waals surface area (Å²) in [5.74, 6) is 0. The van der Waals surface area contributed by atoms with Crippen molar-refractivity contribution in [3.8, 4) is 0 Å². The van der Waals surface area contributed by atoms with Gasteiger partial charge in [0, 0.05) is 20.9 Å². The van der Waals surface area contributed by atoms with E-state index in [0.29, 0.717) is 21.2 Å². The molecule has 2 aromatic rings. The van der Waals surface area contributed by atoms with Gasteiger partial charge >= 0.3 is 0 Å². The normalized spacial score (nSPS) is 11.4. The molecule has 0 N–H and O–H groups in total. The van der Waals surface area contributed by atoms with Gasteiger partial charge in [0.2, 0.25) is 0 Å². The molecule has 0 saturated heterocycles. The van der Waals surface area contributed by atoms with Crippen LogP contribution in [0.5, 0.6) is 0 Å².